The number of benzene rings is 2. The Hall–Kier alpha value is -3.10. The normalized spacial score (nSPS) is 11.5. The molecule has 3 rings (SSSR count). The largest absolute Gasteiger partial charge is 0.502 e. The third-order valence-corrected chi connectivity index (χ3v) is 6.37. The van der Waals surface area contributed by atoms with E-state index in [-0.39, 0.29) is 20.8 Å². The average molecular weight is 528 g/mol. The number of aliphatic imine (C=N–C) groups is 1. The number of rotatable bonds is 8. The van der Waals surface area contributed by atoms with Crippen LogP contribution in [0.1, 0.15) is 12.5 Å². The molecule has 0 spiro atoms. The number of phenolic OH excluding ortho intramolecular Hbond substituents is 1. The molecule has 0 fully saturated rings. The van der Waals surface area contributed by atoms with Crippen molar-refractivity contribution in [2.24, 2.45) is 4.99 Å². The van der Waals surface area contributed by atoms with Crippen LogP contribution in [-0.2, 0) is 10.0 Å². The molecule has 14 heteroatoms. The summed E-state index contributed by atoms with van der Waals surface area (Å²) in [5.74, 6) is -0.524. The topological polar surface area (TPSA) is 157 Å². The first kappa shape index (κ1) is 22.6. The first-order valence-electron chi connectivity index (χ1n) is 8.49. The molecule has 31 heavy (non-hydrogen) atoms. The summed E-state index contributed by atoms with van der Waals surface area (Å²) in [6.07, 6.45) is 1.24. The van der Waals surface area contributed by atoms with Crippen LogP contribution in [0.3, 0.4) is 0 Å². The van der Waals surface area contributed by atoms with Crippen molar-refractivity contribution in [2.75, 3.05) is 11.3 Å². The van der Waals surface area contributed by atoms with Gasteiger partial charge in [-0.3, -0.25) is 19.8 Å². The van der Waals surface area contributed by atoms with E-state index in [4.69, 9.17) is 4.74 Å². The summed E-state index contributed by atoms with van der Waals surface area (Å²) in [4.78, 5) is 14.4. The number of anilines is 1. The molecule has 3 aromatic rings. The summed E-state index contributed by atoms with van der Waals surface area (Å²) < 4.78 is 32.9. The second-order valence-electron chi connectivity index (χ2n) is 5.78. The van der Waals surface area contributed by atoms with Crippen LogP contribution in [0.15, 0.2) is 50.8 Å². The minimum Gasteiger partial charge on any atom is -0.502 e. The van der Waals surface area contributed by atoms with Gasteiger partial charge in [-0.15, -0.1) is 5.10 Å². The maximum absolute atomic E-state index is 12.5. The number of aromatic nitrogens is 2. The lowest BCUT2D eigenvalue weighted by Gasteiger charge is -2.05. The van der Waals surface area contributed by atoms with Gasteiger partial charge in [-0.1, -0.05) is 21.0 Å². The van der Waals surface area contributed by atoms with Gasteiger partial charge in [0.15, 0.2) is 0 Å². The molecule has 11 nitrogen and oxygen atoms in total. The first-order chi connectivity index (χ1) is 14.7. The zero-order valence-electron chi connectivity index (χ0n) is 15.7. The van der Waals surface area contributed by atoms with Gasteiger partial charge in [0, 0.05) is 22.3 Å². The monoisotopic (exact) mass is 527 g/mol. The van der Waals surface area contributed by atoms with E-state index in [0.29, 0.717) is 16.8 Å². The van der Waals surface area contributed by atoms with Gasteiger partial charge in [0.25, 0.3) is 15.2 Å². The Morgan fingerprint density at radius 3 is 2.68 bits per heavy atom. The number of aromatic hydroxyl groups is 1. The Morgan fingerprint density at radius 2 is 2.03 bits per heavy atom. The molecular formula is C17H14BrN5O6S2. The number of nitro benzene ring substituents is 1. The highest BCUT2D eigenvalue weighted by atomic mass is 79.9. The van der Waals surface area contributed by atoms with Gasteiger partial charge in [0.05, 0.1) is 22.1 Å². The highest BCUT2D eigenvalue weighted by molar-refractivity contribution is 9.10. The van der Waals surface area contributed by atoms with E-state index in [1.165, 1.54) is 42.6 Å². The fourth-order valence-electron chi connectivity index (χ4n) is 2.31. The highest BCUT2D eigenvalue weighted by Gasteiger charge is 2.18. The second kappa shape index (κ2) is 9.36. The SMILES string of the molecule is CCOc1nnc(NS(=O)(=O)c2ccc(/N=C/c3cc(Br)cc([N+](=O)[O-])c3O)cc2)s1. The minimum atomic E-state index is -3.90. The van der Waals surface area contributed by atoms with Crippen LogP contribution in [0.25, 0.3) is 0 Å². The van der Waals surface area contributed by atoms with E-state index in [9.17, 15) is 23.6 Å². The number of phenols is 1. The third-order valence-electron chi connectivity index (χ3n) is 3.68. The molecule has 0 aliphatic rings. The number of halogens is 1. The summed E-state index contributed by atoms with van der Waals surface area (Å²) in [6.45, 7) is 2.16. The van der Waals surface area contributed by atoms with Crippen molar-refractivity contribution in [2.45, 2.75) is 11.8 Å². The molecule has 0 saturated heterocycles. The standard InChI is InChI=1S/C17H14BrN5O6S2/c1-2-29-17-21-20-16(30-17)22-31(27,28)13-5-3-12(4-6-13)19-9-10-7-11(18)8-14(15(10)24)23(25)26/h3-9,24H,2H2,1H3,(H,20,22)/b19-9+. The molecule has 0 saturated carbocycles. The van der Waals surface area contributed by atoms with Crippen LogP contribution < -0.4 is 9.46 Å². The number of nitro groups is 1. The molecule has 1 heterocycles. The predicted molar refractivity (Wildman–Crippen MR) is 118 cm³/mol. The van der Waals surface area contributed by atoms with Crippen LogP contribution in [0.4, 0.5) is 16.5 Å². The molecule has 2 aromatic carbocycles. The Kier molecular flexibility index (Phi) is 6.82. The number of hydrogen-bond acceptors (Lipinski definition) is 10. The van der Waals surface area contributed by atoms with Gasteiger partial charge in [0.1, 0.15) is 0 Å². The molecule has 0 atom stereocenters. The number of nitrogens with zero attached hydrogens (tertiary/aromatic N) is 4. The average Bonchev–Trinajstić information content (AvgIpc) is 3.15. The Bertz CT molecular complexity index is 1240. The molecule has 0 radical (unpaired) electrons. The lowest BCUT2D eigenvalue weighted by molar-refractivity contribution is -0.385. The minimum absolute atomic E-state index is 0.0273. The van der Waals surface area contributed by atoms with Crippen molar-refractivity contribution in [1.29, 1.82) is 0 Å². The molecule has 0 aliphatic heterocycles. The lowest BCUT2D eigenvalue weighted by Crippen LogP contribution is -2.12. The fraction of sp³-hybridized carbons (Fsp3) is 0.118. The lowest BCUT2D eigenvalue weighted by atomic mass is 10.2. The highest BCUT2D eigenvalue weighted by Crippen LogP contribution is 2.33. The van der Waals surface area contributed by atoms with Crippen molar-refractivity contribution in [3.05, 3.63) is 56.5 Å². The van der Waals surface area contributed by atoms with E-state index in [1.54, 1.807) is 6.92 Å². The first-order valence-corrected chi connectivity index (χ1v) is 11.6. The summed E-state index contributed by atoms with van der Waals surface area (Å²) >= 11 is 4.10. The summed E-state index contributed by atoms with van der Waals surface area (Å²) in [5.41, 5.74) is 0.0313. The molecule has 0 amide bonds. The van der Waals surface area contributed by atoms with Crippen LogP contribution in [0.2, 0.25) is 0 Å². The van der Waals surface area contributed by atoms with Crippen LogP contribution in [-0.4, -0.2) is 41.5 Å². The van der Waals surface area contributed by atoms with E-state index in [2.05, 4.69) is 35.8 Å². The number of ether oxygens (including phenoxy) is 1. The van der Waals surface area contributed by atoms with E-state index in [1.807, 2.05) is 0 Å². The maximum atomic E-state index is 12.5. The zero-order valence-corrected chi connectivity index (χ0v) is 18.9. The van der Waals surface area contributed by atoms with Crippen LogP contribution in [0.5, 0.6) is 10.9 Å². The van der Waals surface area contributed by atoms with E-state index < -0.39 is 26.4 Å². The maximum Gasteiger partial charge on any atom is 0.312 e. The Balaban J connectivity index is 1.77. The Morgan fingerprint density at radius 1 is 1.32 bits per heavy atom. The van der Waals surface area contributed by atoms with Gasteiger partial charge < -0.3 is 9.84 Å². The second-order valence-corrected chi connectivity index (χ2v) is 9.32. The van der Waals surface area contributed by atoms with Gasteiger partial charge >= 0.3 is 5.69 Å². The van der Waals surface area contributed by atoms with Crippen molar-refractivity contribution < 1.29 is 23.2 Å². The predicted octanol–water partition coefficient (Wildman–Crippen LogP) is 3.86. The molecule has 2 N–H and O–H groups in total. The third kappa shape index (κ3) is 5.53. The van der Waals surface area contributed by atoms with Gasteiger partial charge in [-0.25, -0.2) is 8.42 Å². The molecule has 162 valence electrons. The van der Waals surface area contributed by atoms with Crippen LogP contribution in [0, 0.1) is 10.1 Å². The molecule has 0 aliphatic carbocycles. The van der Waals surface area contributed by atoms with E-state index in [0.717, 1.165) is 11.3 Å². The quantitative estimate of drug-likeness (QED) is 0.254. The summed E-state index contributed by atoms with van der Waals surface area (Å²) in [7, 11) is -3.90. The van der Waals surface area contributed by atoms with E-state index >= 15 is 0 Å². The number of sulfonamides is 1. The zero-order chi connectivity index (χ0) is 22.6. The van der Waals surface area contributed by atoms with Crippen molar-refractivity contribution in [3.63, 3.8) is 0 Å². The smallest absolute Gasteiger partial charge is 0.312 e. The number of hydrogen-bond donors (Lipinski definition) is 2. The summed E-state index contributed by atoms with van der Waals surface area (Å²) in [5, 5.41) is 28.8. The van der Waals surface area contributed by atoms with Crippen molar-refractivity contribution >= 4 is 60.0 Å². The molecule has 0 bridgehead atoms. The molecule has 1 aromatic heterocycles. The Labute approximate surface area is 188 Å². The van der Waals surface area contributed by atoms with Crippen molar-refractivity contribution in [1.82, 2.24) is 10.2 Å². The number of nitrogens with one attached hydrogen (secondary N) is 1. The van der Waals surface area contributed by atoms with Gasteiger partial charge in [-0.2, -0.15) is 0 Å². The van der Waals surface area contributed by atoms with Crippen LogP contribution >= 0.6 is 27.3 Å². The molecular weight excluding hydrogens is 514 g/mol. The van der Waals surface area contributed by atoms with Gasteiger partial charge in [-0.05, 0) is 48.6 Å². The summed E-state index contributed by atoms with van der Waals surface area (Å²) in [6, 6.07) is 8.20. The van der Waals surface area contributed by atoms with Crippen molar-refractivity contribution in [3.8, 4) is 10.9 Å². The van der Waals surface area contributed by atoms with Gasteiger partial charge in [0.2, 0.25) is 10.9 Å². The fourth-order valence-corrected chi connectivity index (χ4v) is 4.65. The molecule has 0 unspecified atom stereocenters.